The van der Waals surface area contributed by atoms with Gasteiger partial charge in [-0.05, 0) is 37.0 Å². The highest BCUT2D eigenvalue weighted by atomic mass is 127. The second-order valence-electron chi connectivity index (χ2n) is 5.67. The smallest absolute Gasteiger partial charge is 0.191 e. The molecule has 0 saturated carbocycles. The van der Waals surface area contributed by atoms with Crippen molar-refractivity contribution in [1.82, 2.24) is 4.90 Å². The Morgan fingerprint density at radius 2 is 2.10 bits per heavy atom. The van der Waals surface area contributed by atoms with E-state index in [4.69, 9.17) is 10.5 Å². The minimum atomic E-state index is -0.264. The lowest BCUT2D eigenvalue weighted by atomic mass is 10.00. The van der Waals surface area contributed by atoms with Gasteiger partial charge in [-0.3, -0.25) is 0 Å². The molecular formula is C15H21FIN3O. The van der Waals surface area contributed by atoms with Gasteiger partial charge < -0.3 is 15.4 Å². The zero-order valence-corrected chi connectivity index (χ0v) is 14.4. The summed E-state index contributed by atoms with van der Waals surface area (Å²) < 4.78 is 18.8. The monoisotopic (exact) mass is 405 g/mol. The molecule has 0 aromatic heterocycles. The molecule has 1 atom stereocenters. The highest BCUT2D eigenvalue weighted by Crippen LogP contribution is 2.35. The molecule has 2 heterocycles. The van der Waals surface area contributed by atoms with Gasteiger partial charge in [-0.1, -0.05) is 6.92 Å². The van der Waals surface area contributed by atoms with Gasteiger partial charge in [0.2, 0.25) is 0 Å². The van der Waals surface area contributed by atoms with Crippen molar-refractivity contribution in [3.63, 3.8) is 0 Å². The summed E-state index contributed by atoms with van der Waals surface area (Å²) in [5, 5.41) is 0. The highest BCUT2D eigenvalue weighted by molar-refractivity contribution is 14.0. The normalized spacial score (nSPS) is 22.5. The third kappa shape index (κ3) is 3.59. The molecule has 4 nitrogen and oxygen atoms in total. The van der Waals surface area contributed by atoms with E-state index in [2.05, 4.69) is 16.8 Å². The highest BCUT2D eigenvalue weighted by Gasteiger charge is 2.26. The Hall–Kier alpha value is -1.05. The predicted octanol–water partition coefficient (Wildman–Crippen LogP) is 2.92. The van der Waals surface area contributed by atoms with Crippen molar-refractivity contribution in [2.75, 3.05) is 19.7 Å². The van der Waals surface area contributed by atoms with Gasteiger partial charge in [-0.2, -0.15) is 0 Å². The molecule has 3 rings (SSSR count). The fourth-order valence-corrected chi connectivity index (χ4v) is 2.76. The molecule has 2 aliphatic rings. The number of halogens is 2. The van der Waals surface area contributed by atoms with Crippen LogP contribution in [0, 0.1) is 11.7 Å². The summed E-state index contributed by atoms with van der Waals surface area (Å²) in [6, 6.07) is 4.35. The van der Waals surface area contributed by atoms with E-state index in [0.717, 1.165) is 37.4 Å². The number of fused-ring (bicyclic) bond motifs is 1. The number of hydrogen-bond acceptors (Lipinski definition) is 2. The zero-order valence-electron chi connectivity index (χ0n) is 12.1. The van der Waals surface area contributed by atoms with Crippen LogP contribution in [0.4, 0.5) is 4.39 Å². The van der Waals surface area contributed by atoms with E-state index in [0.29, 0.717) is 18.3 Å². The second kappa shape index (κ2) is 6.81. The molecule has 6 heteroatoms. The molecule has 0 spiro atoms. The van der Waals surface area contributed by atoms with Crippen LogP contribution in [0.15, 0.2) is 23.2 Å². The molecule has 0 amide bonds. The summed E-state index contributed by atoms with van der Waals surface area (Å²) in [7, 11) is 0. The molecule has 116 valence electrons. The summed E-state index contributed by atoms with van der Waals surface area (Å²) in [6.45, 7) is 4.58. The van der Waals surface area contributed by atoms with Crippen LogP contribution in [0.25, 0.3) is 0 Å². The van der Waals surface area contributed by atoms with E-state index in [1.54, 1.807) is 6.07 Å². The van der Waals surface area contributed by atoms with Crippen molar-refractivity contribution in [2.24, 2.45) is 16.6 Å². The Bertz CT molecular complexity index is 530. The van der Waals surface area contributed by atoms with E-state index >= 15 is 0 Å². The molecule has 2 N–H and O–H groups in total. The van der Waals surface area contributed by atoms with E-state index < -0.39 is 0 Å². The number of aliphatic imine (C=N–C) groups is 1. The molecule has 1 aromatic rings. The van der Waals surface area contributed by atoms with Gasteiger partial charge in [0.25, 0.3) is 0 Å². The maximum atomic E-state index is 13.3. The Morgan fingerprint density at radius 3 is 2.81 bits per heavy atom. The topological polar surface area (TPSA) is 50.8 Å². The van der Waals surface area contributed by atoms with Gasteiger partial charge in [0.1, 0.15) is 24.2 Å². The fourth-order valence-electron chi connectivity index (χ4n) is 2.76. The molecule has 21 heavy (non-hydrogen) atoms. The first kappa shape index (κ1) is 16.3. The lowest BCUT2D eigenvalue weighted by molar-refractivity contribution is 0.275. The maximum Gasteiger partial charge on any atom is 0.191 e. The second-order valence-corrected chi connectivity index (χ2v) is 5.67. The predicted molar refractivity (Wildman–Crippen MR) is 91.6 cm³/mol. The van der Waals surface area contributed by atoms with E-state index in [-0.39, 0.29) is 35.8 Å². The third-order valence-corrected chi connectivity index (χ3v) is 4.12. The van der Waals surface area contributed by atoms with Gasteiger partial charge in [-0.25, -0.2) is 9.38 Å². The Morgan fingerprint density at radius 1 is 1.38 bits per heavy atom. The number of benzene rings is 1. The summed E-state index contributed by atoms with van der Waals surface area (Å²) in [5.74, 6) is 1.74. The van der Waals surface area contributed by atoms with Crippen LogP contribution in [0.1, 0.15) is 31.4 Å². The fraction of sp³-hybridized carbons (Fsp3) is 0.533. The van der Waals surface area contributed by atoms with Gasteiger partial charge >= 0.3 is 0 Å². The minimum Gasteiger partial charge on any atom is -0.491 e. The van der Waals surface area contributed by atoms with Crippen molar-refractivity contribution in [3.05, 3.63) is 29.6 Å². The summed E-state index contributed by atoms with van der Waals surface area (Å²) in [5.41, 5.74) is 6.89. The molecule has 1 aromatic carbocycles. The number of likely N-dealkylation sites (tertiary alicyclic amines) is 1. The van der Waals surface area contributed by atoms with Crippen molar-refractivity contribution in [2.45, 2.75) is 25.8 Å². The molecule has 1 unspecified atom stereocenters. The zero-order chi connectivity index (χ0) is 14.1. The molecule has 0 bridgehead atoms. The van der Waals surface area contributed by atoms with Crippen molar-refractivity contribution in [3.8, 4) is 5.75 Å². The number of ether oxygens (including phenoxy) is 1. The van der Waals surface area contributed by atoms with Crippen LogP contribution >= 0.6 is 24.0 Å². The summed E-state index contributed by atoms with van der Waals surface area (Å²) in [6.07, 6.45) is 2.28. The lowest BCUT2D eigenvalue weighted by Gasteiger charge is -2.31. The van der Waals surface area contributed by atoms with Crippen LogP contribution in [0.5, 0.6) is 5.75 Å². The average molecular weight is 405 g/mol. The average Bonchev–Trinajstić information content (AvgIpc) is 2.82. The largest absolute Gasteiger partial charge is 0.491 e. The molecule has 0 aliphatic carbocycles. The van der Waals surface area contributed by atoms with Crippen molar-refractivity contribution in [1.29, 1.82) is 0 Å². The van der Waals surface area contributed by atoms with E-state index in [1.165, 1.54) is 12.1 Å². The van der Waals surface area contributed by atoms with Crippen molar-refractivity contribution < 1.29 is 9.13 Å². The standard InChI is InChI=1S/C15H20FN3O.HI/c1-10-4-6-19(7-5-10)15(17)18-13-9-20-14-3-2-11(16)8-12(13)14;/h2-3,8,10,13H,4-7,9H2,1H3,(H2,17,18);1H. The van der Waals surface area contributed by atoms with Crippen LogP contribution < -0.4 is 10.5 Å². The van der Waals surface area contributed by atoms with Gasteiger partial charge in [0.05, 0.1) is 0 Å². The Balaban J connectivity index is 0.00000161. The minimum absolute atomic E-state index is 0. The SMILES string of the molecule is CC1CCN(C(N)=NC2COc3ccc(F)cc32)CC1.I. The molecule has 2 aliphatic heterocycles. The van der Waals surface area contributed by atoms with Gasteiger partial charge in [-0.15, -0.1) is 24.0 Å². The number of hydrogen-bond donors (Lipinski definition) is 1. The van der Waals surface area contributed by atoms with Gasteiger partial charge in [0, 0.05) is 18.7 Å². The number of nitrogens with two attached hydrogens (primary N) is 1. The first-order valence-corrected chi connectivity index (χ1v) is 7.14. The van der Waals surface area contributed by atoms with Crippen molar-refractivity contribution >= 4 is 29.9 Å². The molecule has 1 fully saturated rings. The van der Waals surface area contributed by atoms with E-state index in [9.17, 15) is 4.39 Å². The first-order chi connectivity index (χ1) is 9.63. The number of piperidine rings is 1. The summed E-state index contributed by atoms with van der Waals surface area (Å²) >= 11 is 0. The van der Waals surface area contributed by atoms with E-state index in [1.807, 2.05) is 0 Å². The number of rotatable bonds is 1. The molecular weight excluding hydrogens is 384 g/mol. The third-order valence-electron chi connectivity index (χ3n) is 4.12. The maximum absolute atomic E-state index is 13.3. The number of nitrogens with zero attached hydrogens (tertiary/aromatic N) is 2. The van der Waals surface area contributed by atoms with Crippen LogP contribution in [0.3, 0.4) is 0 Å². The molecule has 0 radical (unpaired) electrons. The van der Waals surface area contributed by atoms with Crippen LogP contribution in [-0.2, 0) is 0 Å². The lowest BCUT2D eigenvalue weighted by Crippen LogP contribution is -2.42. The van der Waals surface area contributed by atoms with Crippen LogP contribution in [0.2, 0.25) is 0 Å². The van der Waals surface area contributed by atoms with Crippen LogP contribution in [-0.4, -0.2) is 30.6 Å². The van der Waals surface area contributed by atoms with Gasteiger partial charge in [0.15, 0.2) is 5.96 Å². The number of guanidine groups is 1. The summed E-state index contributed by atoms with van der Waals surface area (Å²) in [4.78, 5) is 6.64. The Kier molecular flexibility index (Phi) is 5.29. The quantitative estimate of drug-likeness (QED) is 0.444. The Labute approximate surface area is 141 Å². The molecule has 1 saturated heterocycles. The first-order valence-electron chi connectivity index (χ1n) is 7.14.